The number of nitrogens with one attached hydrogen (secondary N) is 1. The number of carbonyl (C=O) groups is 2. The van der Waals surface area contributed by atoms with Gasteiger partial charge in [0, 0.05) is 16.8 Å². The minimum Gasteiger partial charge on any atom is -0.321 e. The predicted octanol–water partition coefficient (Wildman–Crippen LogP) is 5.14. The molecule has 0 fully saturated rings. The molecule has 3 aromatic rings. The Morgan fingerprint density at radius 1 is 1.04 bits per heavy atom. The summed E-state index contributed by atoms with van der Waals surface area (Å²) >= 11 is 1.38. The van der Waals surface area contributed by atoms with Gasteiger partial charge in [-0.1, -0.05) is 31.2 Å². The van der Waals surface area contributed by atoms with Crippen LogP contribution in [0.1, 0.15) is 45.1 Å². The Bertz CT molecular complexity index is 941. The average molecular weight is 364 g/mol. The Hall–Kier alpha value is -2.79. The Labute approximate surface area is 156 Å². The van der Waals surface area contributed by atoms with E-state index in [1.165, 1.54) is 23.8 Å². The number of aromatic nitrogens is 1. The van der Waals surface area contributed by atoms with Gasteiger partial charge in [0.1, 0.15) is 9.88 Å². The van der Waals surface area contributed by atoms with Gasteiger partial charge in [-0.2, -0.15) is 0 Å². The van der Waals surface area contributed by atoms with E-state index in [2.05, 4.69) is 29.4 Å². The summed E-state index contributed by atoms with van der Waals surface area (Å²) < 4.78 is 0. The molecule has 1 N–H and O–H groups in total. The fourth-order valence-electron chi connectivity index (χ4n) is 2.59. The maximum absolute atomic E-state index is 12.6. The lowest BCUT2D eigenvalue weighted by molar-refractivity contribution is 0.101. The van der Waals surface area contributed by atoms with Crippen LogP contribution in [0, 0.1) is 6.92 Å². The molecule has 0 atom stereocenters. The highest BCUT2D eigenvalue weighted by atomic mass is 32.1. The first-order chi connectivity index (χ1) is 12.5. The van der Waals surface area contributed by atoms with Crippen LogP contribution in [0.4, 0.5) is 5.69 Å². The molecule has 1 aromatic heterocycles. The fraction of sp³-hybridized carbons (Fsp3) is 0.190. The van der Waals surface area contributed by atoms with Crippen molar-refractivity contribution in [2.24, 2.45) is 0 Å². The molecule has 0 bridgehead atoms. The lowest BCUT2D eigenvalue weighted by atomic mass is 10.1. The molecule has 26 heavy (non-hydrogen) atoms. The number of ketones is 1. The van der Waals surface area contributed by atoms with Gasteiger partial charge < -0.3 is 5.32 Å². The molecule has 1 heterocycles. The summed E-state index contributed by atoms with van der Waals surface area (Å²) in [5.74, 6) is -0.188. The van der Waals surface area contributed by atoms with Crippen molar-refractivity contribution in [3.05, 3.63) is 70.2 Å². The van der Waals surface area contributed by atoms with E-state index in [-0.39, 0.29) is 11.7 Å². The number of carbonyl (C=O) groups excluding carboxylic acids is 2. The van der Waals surface area contributed by atoms with Crippen LogP contribution in [0.25, 0.3) is 10.6 Å². The topological polar surface area (TPSA) is 59.1 Å². The number of aryl methyl sites for hydroxylation is 2. The van der Waals surface area contributed by atoms with Gasteiger partial charge >= 0.3 is 0 Å². The molecule has 0 aliphatic rings. The number of anilines is 1. The van der Waals surface area contributed by atoms with Crippen LogP contribution in [0.15, 0.2) is 48.5 Å². The summed E-state index contributed by atoms with van der Waals surface area (Å²) in [5, 5.41) is 3.70. The maximum atomic E-state index is 12.6. The monoisotopic (exact) mass is 364 g/mol. The van der Waals surface area contributed by atoms with Gasteiger partial charge in [-0.05, 0) is 50.1 Å². The Kier molecular flexibility index (Phi) is 5.28. The molecule has 0 saturated carbocycles. The lowest BCUT2D eigenvalue weighted by Gasteiger charge is -2.04. The van der Waals surface area contributed by atoms with Crippen molar-refractivity contribution < 1.29 is 9.59 Å². The third-order valence-electron chi connectivity index (χ3n) is 4.16. The Morgan fingerprint density at radius 2 is 1.69 bits per heavy atom. The third-order valence-corrected chi connectivity index (χ3v) is 5.37. The quantitative estimate of drug-likeness (QED) is 0.638. The third kappa shape index (κ3) is 3.89. The Morgan fingerprint density at radius 3 is 2.27 bits per heavy atom. The van der Waals surface area contributed by atoms with Gasteiger partial charge in [0.15, 0.2) is 5.78 Å². The van der Waals surface area contributed by atoms with Crippen LogP contribution in [-0.2, 0) is 6.42 Å². The van der Waals surface area contributed by atoms with Crippen LogP contribution in [0.2, 0.25) is 0 Å². The first-order valence-corrected chi connectivity index (χ1v) is 9.28. The van der Waals surface area contributed by atoms with E-state index in [0.29, 0.717) is 21.8 Å². The van der Waals surface area contributed by atoms with Crippen molar-refractivity contribution in [2.75, 3.05) is 5.32 Å². The van der Waals surface area contributed by atoms with E-state index in [4.69, 9.17) is 0 Å². The second-order valence-electron chi connectivity index (χ2n) is 6.07. The second kappa shape index (κ2) is 7.62. The first-order valence-electron chi connectivity index (χ1n) is 8.47. The van der Waals surface area contributed by atoms with E-state index in [9.17, 15) is 9.59 Å². The summed E-state index contributed by atoms with van der Waals surface area (Å²) in [6.07, 6.45) is 0.993. The minimum atomic E-state index is -0.188. The van der Waals surface area contributed by atoms with Crippen molar-refractivity contribution in [3.63, 3.8) is 0 Å². The summed E-state index contributed by atoms with van der Waals surface area (Å²) in [7, 11) is 0. The summed E-state index contributed by atoms with van der Waals surface area (Å²) in [6.45, 7) is 5.48. The zero-order valence-corrected chi connectivity index (χ0v) is 15.8. The number of benzene rings is 2. The summed E-state index contributed by atoms with van der Waals surface area (Å²) in [6, 6.07) is 15.1. The highest BCUT2D eigenvalue weighted by Crippen LogP contribution is 2.29. The van der Waals surface area contributed by atoms with Gasteiger partial charge in [0.25, 0.3) is 5.91 Å². The molecular weight excluding hydrogens is 344 g/mol. The lowest BCUT2D eigenvalue weighted by Crippen LogP contribution is -2.11. The highest BCUT2D eigenvalue weighted by molar-refractivity contribution is 7.17. The van der Waals surface area contributed by atoms with E-state index in [0.717, 1.165) is 17.0 Å². The van der Waals surface area contributed by atoms with Crippen LogP contribution in [-0.4, -0.2) is 16.7 Å². The van der Waals surface area contributed by atoms with Crippen LogP contribution in [0.3, 0.4) is 0 Å². The predicted molar refractivity (Wildman–Crippen MR) is 106 cm³/mol. The molecule has 0 saturated heterocycles. The molecule has 0 unspecified atom stereocenters. The molecule has 4 nitrogen and oxygen atoms in total. The van der Waals surface area contributed by atoms with Gasteiger partial charge in [0.2, 0.25) is 0 Å². The van der Waals surface area contributed by atoms with Crippen molar-refractivity contribution in [1.82, 2.24) is 4.98 Å². The molecule has 0 spiro atoms. The maximum Gasteiger partial charge on any atom is 0.267 e. The smallest absolute Gasteiger partial charge is 0.267 e. The first kappa shape index (κ1) is 18.0. The molecule has 132 valence electrons. The number of nitrogens with zero attached hydrogens (tertiary/aromatic N) is 1. The zero-order chi connectivity index (χ0) is 18.7. The normalized spacial score (nSPS) is 10.6. The van der Waals surface area contributed by atoms with Crippen LogP contribution in [0.5, 0.6) is 0 Å². The highest BCUT2D eigenvalue weighted by Gasteiger charge is 2.16. The van der Waals surface area contributed by atoms with Crippen molar-refractivity contribution >= 4 is 28.7 Å². The summed E-state index contributed by atoms with van der Waals surface area (Å²) in [4.78, 5) is 29.1. The number of amides is 1. The van der Waals surface area contributed by atoms with E-state index in [1.54, 1.807) is 24.3 Å². The standard InChI is InChI=1S/C21H20N2O2S/c1-4-15-5-7-17(8-6-15)21-22-13(2)19(26-21)20(25)23-18-11-9-16(10-12-18)14(3)24/h5-12H,4H2,1-3H3,(H,23,25). The van der Waals surface area contributed by atoms with Gasteiger partial charge in [-0.15, -0.1) is 11.3 Å². The zero-order valence-electron chi connectivity index (χ0n) is 15.0. The van der Waals surface area contributed by atoms with Gasteiger partial charge in [-0.25, -0.2) is 4.98 Å². The van der Waals surface area contributed by atoms with Crippen LogP contribution < -0.4 is 5.32 Å². The number of thiazole rings is 1. The molecule has 0 aliphatic heterocycles. The van der Waals surface area contributed by atoms with E-state index >= 15 is 0 Å². The van der Waals surface area contributed by atoms with Crippen molar-refractivity contribution in [2.45, 2.75) is 27.2 Å². The van der Waals surface area contributed by atoms with Crippen LogP contribution >= 0.6 is 11.3 Å². The molecule has 3 rings (SSSR count). The van der Waals surface area contributed by atoms with E-state index in [1.807, 2.05) is 19.1 Å². The number of rotatable bonds is 5. The molecular formula is C21H20N2O2S. The molecule has 0 aliphatic carbocycles. The Balaban J connectivity index is 1.79. The average Bonchev–Trinajstić information content (AvgIpc) is 3.04. The van der Waals surface area contributed by atoms with Crippen molar-refractivity contribution in [1.29, 1.82) is 0 Å². The number of Topliss-reactive ketones (excluding diaryl/α,β-unsaturated/α-hetero) is 1. The van der Waals surface area contributed by atoms with E-state index < -0.39 is 0 Å². The molecule has 1 amide bonds. The van der Waals surface area contributed by atoms with Gasteiger partial charge in [-0.3, -0.25) is 9.59 Å². The number of hydrogen-bond acceptors (Lipinski definition) is 4. The largest absolute Gasteiger partial charge is 0.321 e. The second-order valence-corrected chi connectivity index (χ2v) is 7.07. The summed E-state index contributed by atoms with van der Waals surface area (Å²) in [5.41, 5.74) is 4.27. The minimum absolute atomic E-state index is 0.0000822. The fourth-order valence-corrected chi connectivity index (χ4v) is 3.56. The molecule has 5 heteroatoms. The molecule has 0 radical (unpaired) electrons. The van der Waals surface area contributed by atoms with Gasteiger partial charge in [0.05, 0.1) is 5.69 Å². The van der Waals surface area contributed by atoms with Crippen molar-refractivity contribution in [3.8, 4) is 10.6 Å². The number of hydrogen-bond donors (Lipinski definition) is 1. The SMILES string of the molecule is CCc1ccc(-c2nc(C)c(C(=O)Nc3ccc(C(C)=O)cc3)s2)cc1. The molecule has 2 aromatic carbocycles.